The van der Waals surface area contributed by atoms with Crippen LogP contribution < -0.4 is 0 Å². The maximum absolute atomic E-state index is 10.9. The molecule has 0 heterocycles. The summed E-state index contributed by atoms with van der Waals surface area (Å²) < 4.78 is 5.50. The average molecular weight is 344 g/mol. The molecule has 0 radical (unpaired) electrons. The van der Waals surface area contributed by atoms with E-state index in [4.69, 9.17) is 14.9 Å². The van der Waals surface area contributed by atoms with Gasteiger partial charge in [-0.2, -0.15) is 0 Å². The summed E-state index contributed by atoms with van der Waals surface area (Å²) in [4.78, 5) is 21.5. The number of unbranched alkanes of at least 4 members (excludes halogenated alkanes) is 9. The second-order valence-corrected chi connectivity index (χ2v) is 6.57. The molecule has 24 heavy (non-hydrogen) atoms. The van der Waals surface area contributed by atoms with Gasteiger partial charge in [0, 0.05) is 13.2 Å². The molecule has 0 aliphatic carbocycles. The van der Waals surface area contributed by atoms with Gasteiger partial charge in [0.25, 0.3) is 0 Å². The summed E-state index contributed by atoms with van der Waals surface area (Å²) in [5, 5.41) is 17.6. The lowest BCUT2D eigenvalue weighted by molar-refractivity contribution is -0.148. The first kappa shape index (κ1) is 22.9. The van der Waals surface area contributed by atoms with E-state index in [0.29, 0.717) is 26.1 Å². The Morgan fingerprint density at radius 2 is 1.29 bits per heavy atom. The summed E-state index contributed by atoms with van der Waals surface area (Å²) in [5.74, 6) is -2.90. The largest absolute Gasteiger partial charge is 0.481 e. The monoisotopic (exact) mass is 344 g/mol. The highest BCUT2D eigenvalue weighted by molar-refractivity contribution is 5.77. The van der Waals surface area contributed by atoms with Crippen molar-refractivity contribution in [3.8, 4) is 0 Å². The Bertz CT molecular complexity index is 317. The number of hydrogen-bond acceptors (Lipinski definition) is 3. The Hall–Kier alpha value is -1.10. The van der Waals surface area contributed by atoms with Crippen LogP contribution in [0.5, 0.6) is 0 Å². The normalized spacial score (nSPS) is 12.2. The maximum Gasteiger partial charge on any atom is 0.307 e. The lowest BCUT2D eigenvalue weighted by atomic mass is 10.00. The van der Waals surface area contributed by atoms with E-state index >= 15 is 0 Å². The molecule has 0 bridgehead atoms. The lowest BCUT2D eigenvalue weighted by Gasteiger charge is -2.09. The molecule has 0 fully saturated rings. The maximum atomic E-state index is 10.9. The van der Waals surface area contributed by atoms with E-state index in [-0.39, 0.29) is 6.42 Å². The van der Waals surface area contributed by atoms with Crippen LogP contribution in [0.1, 0.15) is 90.4 Å². The van der Waals surface area contributed by atoms with E-state index < -0.39 is 17.9 Å². The molecule has 0 saturated heterocycles. The number of carboxylic acids is 2. The molecule has 0 amide bonds. The van der Waals surface area contributed by atoms with E-state index in [1.54, 1.807) is 0 Å². The number of carbonyl (C=O) groups is 2. The summed E-state index contributed by atoms with van der Waals surface area (Å²) in [7, 11) is 0. The second-order valence-electron chi connectivity index (χ2n) is 6.57. The third-order valence-electron chi connectivity index (χ3n) is 4.25. The molecule has 0 saturated carbocycles. The zero-order valence-corrected chi connectivity index (χ0v) is 15.3. The lowest BCUT2D eigenvalue weighted by Crippen LogP contribution is -2.18. The minimum atomic E-state index is -1.06. The number of aliphatic carboxylic acids is 2. The standard InChI is InChI=1S/C19H36O5/c1-2-3-4-5-6-7-8-9-10-11-14-24-15-12-13-17(19(22)23)16-18(20)21/h17H,2-16H2,1H3,(H,20,21)(H,22,23). The van der Waals surface area contributed by atoms with Crippen LogP contribution in [0, 0.1) is 5.92 Å². The Kier molecular flexibility index (Phi) is 16.0. The molecular weight excluding hydrogens is 308 g/mol. The van der Waals surface area contributed by atoms with Gasteiger partial charge in [-0.3, -0.25) is 9.59 Å². The van der Waals surface area contributed by atoms with Gasteiger partial charge >= 0.3 is 11.9 Å². The number of carboxylic acid groups (broad SMARTS) is 2. The summed E-state index contributed by atoms with van der Waals surface area (Å²) in [5.41, 5.74) is 0. The third kappa shape index (κ3) is 15.8. The molecule has 0 aliphatic heterocycles. The fourth-order valence-electron chi connectivity index (χ4n) is 2.75. The molecule has 0 aromatic rings. The topological polar surface area (TPSA) is 83.8 Å². The Morgan fingerprint density at radius 1 is 0.792 bits per heavy atom. The summed E-state index contributed by atoms with van der Waals surface area (Å²) in [6, 6.07) is 0. The predicted molar refractivity (Wildman–Crippen MR) is 95.3 cm³/mol. The van der Waals surface area contributed by atoms with Crippen LogP contribution in [0.25, 0.3) is 0 Å². The molecule has 0 aliphatic rings. The van der Waals surface area contributed by atoms with Gasteiger partial charge in [0.15, 0.2) is 0 Å². The highest BCUT2D eigenvalue weighted by Crippen LogP contribution is 2.13. The van der Waals surface area contributed by atoms with Crippen LogP contribution >= 0.6 is 0 Å². The first-order valence-corrected chi connectivity index (χ1v) is 9.60. The molecule has 1 atom stereocenters. The van der Waals surface area contributed by atoms with Crippen LogP contribution in [0.2, 0.25) is 0 Å². The fourth-order valence-corrected chi connectivity index (χ4v) is 2.75. The smallest absolute Gasteiger partial charge is 0.307 e. The quantitative estimate of drug-likeness (QED) is 0.346. The van der Waals surface area contributed by atoms with Crippen molar-refractivity contribution in [1.82, 2.24) is 0 Å². The van der Waals surface area contributed by atoms with Gasteiger partial charge in [-0.05, 0) is 19.3 Å². The van der Waals surface area contributed by atoms with E-state index in [1.165, 1.54) is 57.8 Å². The van der Waals surface area contributed by atoms with Crippen LogP contribution in [0.4, 0.5) is 0 Å². The zero-order chi connectivity index (χ0) is 18.0. The molecule has 5 nitrogen and oxygen atoms in total. The van der Waals surface area contributed by atoms with Crippen molar-refractivity contribution in [2.24, 2.45) is 5.92 Å². The van der Waals surface area contributed by atoms with Crippen LogP contribution in [-0.2, 0) is 14.3 Å². The minimum absolute atomic E-state index is 0.312. The van der Waals surface area contributed by atoms with E-state index in [1.807, 2.05) is 0 Å². The molecule has 0 aromatic heterocycles. The van der Waals surface area contributed by atoms with E-state index in [9.17, 15) is 9.59 Å². The Labute approximate surface area is 146 Å². The second kappa shape index (κ2) is 16.7. The van der Waals surface area contributed by atoms with Crippen molar-refractivity contribution in [1.29, 1.82) is 0 Å². The third-order valence-corrected chi connectivity index (χ3v) is 4.25. The molecular formula is C19H36O5. The molecule has 0 aromatic carbocycles. The van der Waals surface area contributed by atoms with Crippen LogP contribution in [-0.4, -0.2) is 35.4 Å². The van der Waals surface area contributed by atoms with Crippen molar-refractivity contribution in [3.05, 3.63) is 0 Å². The van der Waals surface area contributed by atoms with Crippen LogP contribution in [0.15, 0.2) is 0 Å². The van der Waals surface area contributed by atoms with Gasteiger partial charge in [-0.25, -0.2) is 0 Å². The summed E-state index contributed by atoms with van der Waals surface area (Å²) in [6.45, 7) is 3.47. The Balaban J connectivity index is 3.30. The molecule has 1 unspecified atom stereocenters. The molecule has 5 heteroatoms. The fraction of sp³-hybridized carbons (Fsp3) is 0.895. The van der Waals surface area contributed by atoms with Crippen LogP contribution in [0.3, 0.4) is 0 Å². The molecule has 2 N–H and O–H groups in total. The molecule has 0 rings (SSSR count). The van der Waals surface area contributed by atoms with E-state index in [0.717, 1.165) is 6.42 Å². The SMILES string of the molecule is CCCCCCCCCCCCOCCCC(CC(=O)O)C(=O)O. The number of hydrogen-bond donors (Lipinski definition) is 2. The van der Waals surface area contributed by atoms with Gasteiger partial charge in [0.05, 0.1) is 12.3 Å². The van der Waals surface area contributed by atoms with Gasteiger partial charge in [-0.15, -0.1) is 0 Å². The van der Waals surface area contributed by atoms with Crippen molar-refractivity contribution >= 4 is 11.9 Å². The van der Waals surface area contributed by atoms with Gasteiger partial charge in [-0.1, -0.05) is 64.7 Å². The highest BCUT2D eigenvalue weighted by Gasteiger charge is 2.20. The molecule has 0 spiro atoms. The summed E-state index contributed by atoms with van der Waals surface area (Å²) >= 11 is 0. The molecule has 142 valence electrons. The number of ether oxygens (including phenoxy) is 1. The van der Waals surface area contributed by atoms with Crippen molar-refractivity contribution in [2.75, 3.05) is 13.2 Å². The highest BCUT2D eigenvalue weighted by atomic mass is 16.5. The van der Waals surface area contributed by atoms with Gasteiger partial charge < -0.3 is 14.9 Å². The van der Waals surface area contributed by atoms with Gasteiger partial charge in [0.1, 0.15) is 0 Å². The van der Waals surface area contributed by atoms with Crippen molar-refractivity contribution in [3.63, 3.8) is 0 Å². The Morgan fingerprint density at radius 3 is 1.79 bits per heavy atom. The van der Waals surface area contributed by atoms with Crippen molar-refractivity contribution in [2.45, 2.75) is 90.4 Å². The summed E-state index contributed by atoms with van der Waals surface area (Å²) in [6.07, 6.45) is 13.6. The van der Waals surface area contributed by atoms with Gasteiger partial charge in [0.2, 0.25) is 0 Å². The predicted octanol–water partition coefficient (Wildman–Crippen LogP) is 4.88. The number of rotatable bonds is 18. The van der Waals surface area contributed by atoms with E-state index in [2.05, 4.69) is 6.92 Å². The first-order chi connectivity index (χ1) is 11.6. The minimum Gasteiger partial charge on any atom is -0.481 e. The first-order valence-electron chi connectivity index (χ1n) is 9.60. The average Bonchev–Trinajstić information content (AvgIpc) is 2.53. The zero-order valence-electron chi connectivity index (χ0n) is 15.3. The van der Waals surface area contributed by atoms with Crippen molar-refractivity contribution < 1.29 is 24.5 Å².